The molecule has 24 heavy (non-hydrogen) atoms. The number of H-pyrrole nitrogens is 1. The monoisotopic (exact) mass is 320 g/mol. The molecule has 1 aromatic heterocycles. The summed E-state index contributed by atoms with van der Waals surface area (Å²) in [5.74, 6) is 1.38. The van der Waals surface area contributed by atoms with Crippen LogP contribution in [-0.2, 0) is 0 Å². The zero-order valence-corrected chi connectivity index (χ0v) is 14.3. The summed E-state index contributed by atoms with van der Waals surface area (Å²) in [5, 5.41) is 10.7. The molecule has 0 amide bonds. The van der Waals surface area contributed by atoms with Crippen LogP contribution in [0.25, 0.3) is 5.47 Å². The molecule has 6 heteroatoms. The van der Waals surface area contributed by atoms with E-state index in [2.05, 4.69) is 41.9 Å². The molecule has 4 rings (SSSR count). The largest absolute Gasteiger partial charge is 0.344 e. The maximum Gasteiger partial charge on any atom is 0.198 e. The van der Waals surface area contributed by atoms with Crippen molar-refractivity contribution in [1.82, 2.24) is 15.5 Å². The Morgan fingerprint density at radius 2 is 2.29 bits per heavy atom. The first-order valence-electron chi connectivity index (χ1n) is 8.80. The summed E-state index contributed by atoms with van der Waals surface area (Å²) in [6, 6.07) is 0.214. The maximum absolute atomic E-state index is 6.30. The number of hydrogen-bond donors (Lipinski definition) is 3. The van der Waals surface area contributed by atoms with E-state index in [0.29, 0.717) is 5.92 Å². The Balaban J connectivity index is 1.66. The summed E-state index contributed by atoms with van der Waals surface area (Å²) in [6.45, 7) is 4.19. The summed E-state index contributed by atoms with van der Waals surface area (Å²) in [7, 11) is 2.20. The van der Waals surface area contributed by atoms with Gasteiger partial charge in [0.15, 0.2) is 7.28 Å². The molecular formula is C18H23BN5. The Morgan fingerprint density at radius 3 is 2.96 bits per heavy atom. The molecular weight excluding hydrogens is 297 g/mol. The van der Waals surface area contributed by atoms with Gasteiger partial charge in [-0.05, 0) is 37.7 Å². The van der Waals surface area contributed by atoms with Crippen LogP contribution in [0.1, 0.15) is 43.9 Å². The first-order valence-corrected chi connectivity index (χ1v) is 8.80. The molecule has 0 aromatic carbocycles. The SMILES string of the molecule is CC/C=C1/N=C(C2CCCC2N)NC2=C1[B]C(c1cn[nH]c1C)=C2. The normalized spacial score (nSPS) is 27.7. The van der Waals surface area contributed by atoms with Crippen molar-refractivity contribution in [2.75, 3.05) is 0 Å². The molecule has 123 valence electrons. The number of aromatic nitrogens is 2. The predicted octanol–water partition coefficient (Wildman–Crippen LogP) is 2.41. The molecule has 1 saturated carbocycles. The van der Waals surface area contributed by atoms with Gasteiger partial charge in [0.25, 0.3) is 0 Å². The Kier molecular flexibility index (Phi) is 3.92. The molecule has 1 aromatic rings. The van der Waals surface area contributed by atoms with Gasteiger partial charge in [-0.1, -0.05) is 24.9 Å². The fourth-order valence-electron chi connectivity index (χ4n) is 3.83. The van der Waals surface area contributed by atoms with Crippen LogP contribution in [0.3, 0.4) is 0 Å². The lowest BCUT2D eigenvalue weighted by molar-refractivity contribution is 0.599. The molecule has 1 fully saturated rings. The molecule has 0 saturated heterocycles. The van der Waals surface area contributed by atoms with Crippen molar-refractivity contribution in [2.45, 2.75) is 45.6 Å². The van der Waals surface area contributed by atoms with Crippen LogP contribution in [-0.4, -0.2) is 29.4 Å². The summed E-state index contributed by atoms with van der Waals surface area (Å²) in [4.78, 5) is 4.93. The number of aryl methyl sites for hydroxylation is 1. The third-order valence-electron chi connectivity index (χ3n) is 5.13. The molecule has 3 aliphatic rings. The predicted molar refractivity (Wildman–Crippen MR) is 98.3 cm³/mol. The third-order valence-corrected chi connectivity index (χ3v) is 5.13. The van der Waals surface area contributed by atoms with Crippen LogP contribution in [0.2, 0.25) is 0 Å². The van der Waals surface area contributed by atoms with E-state index >= 15 is 0 Å². The number of amidine groups is 1. The molecule has 4 N–H and O–H groups in total. The number of hydrogen-bond acceptors (Lipinski definition) is 4. The molecule has 2 aliphatic heterocycles. The quantitative estimate of drug-likeness (QED) is 0.748. The van der Waals surface area contributed by atoms with Gasteiger partial charge < -0.3 is 11.1 Å². The van der Waals surface area contributed by atoms with Crippen LogP contribution in [0.15, 0.2) is 40.2 Å². The second-order valence-corrected chi connectivity index (χ2v) is 6.80. The lowest BCUT2D eigenvalue weighted by atomic mass is 9.62. The Morgan fingerprint density at radius 1 is 1.42 bits per heavy atom. The van der Waals surface area contributed by atoms with E-state index in [4.69, 9.17) is 10.7 Å². The van der Waals surface area contributed by atoms with Crippen LogP contribution in [0.5, 0.6) is 0 Å². The minimum absolute atomic E-state index is 0.214. The van der Waals surface area contributed by atoms with Crippen molar-refractivity contribution in [3.63, 3.8) is 0 Å². The van der Waals surface area contributed by atoms with Crippen molar-refractivity contribution < 1.29 is 0 Å². The average Bonchev–Trinajstić information content (AvgIpc) is 3.26. The molecule has 1 aliphatic carbocycles. The van der Waals surface area contributed by atoms with E-state index in [0.717, 1.165) is 47.7 Å². The van der Waals surface area contributed by atoms with E-state index in [-0.39, 0.29) is 6.04 Å². The zero-order valence-electron chi connectivity index (χ0n) is 14.3. The smallest absolute Gasteiger partial charge is 0.198 e. The Bertz CT molecular complexity index is 783. The number of nitrogens with two attached hydrogens (primary N) is 1. The maximum atomic E-state index is 6.30. The second kappa shape index (κ2) is 6.09. The van der Waals surface area contributed by atoms with Gasteiger partial charge in [0.2, 0.25) is 0 Å². The minimum Gasteiger partial charge on any atom is -0.344 e. The van der Waals surface area contributed by atoms with Crippen molar-refractivity contribution >= 4 is 18.6 Å². The van der Waals surface area contributed by atoms with Gasteiger partial charge in [0.05, 0.1) is 11.9 Å². The van der Waals surface area contributed by atoms with Gasteiger partial charge in [-0.2, -0.15) is 5.10 Å². The summed E-state index contributed by atoms with van der Waals surface area (Å²) < 4.78 is 0. The molecule has 0 bridgehead atoms. The van der Waals surface area contributed by atoms with Crippen LogP contribution < -0.4 is 11.1 Å². The molecule has 3 heterocycles. The highest BCUT2D eigenvalue weighted by Crippen LogP contribution is 2.35. The number of allylic oxidation sites excluding steroid dienone is 3. The first kappa shape index (κ1) is 15.5. The van der Waals surface area contributed by atoms with E-state index in [1.807, 2.05) is 13.1 Å². The fraction of sp³-hybridized carbons (Fsp3) is 0.444. The van der Waals surface area contributed by atoms with Gasteiger partial charge in [-0.3, -0.25) is 5.10 Å². The molecule has 2 unspecified atom stereocenters. The molecule has 2 atom stereocenters. The van der Waals surface area contributed by atoms with E-state index in [9.17, 15) is 0 Å². The zero-order chi connectivity index (χ0) is 16.7. The Hall–Kier alpha value is -2.08. The standard InChI is InChI=1S/C18H23BN5/c1-3-5-15-17-16(8-13(19-17)12-9-21-24-10(12)2)23-18(22-15)11-6-4-7-14(11)20/h5,8-9,11,14H,3-4,6-7,20H2,1-2H3,(H,21,24)(H,22,23)/b15-5+. The van der Waals surface area contributed by atoms with Gasteiger partial charge in [-0.25, -0.2) is 4.99 Å². The number of nitrogens with one attached hydrogen (secondary N) is 2. The summed E-state index contributed by atoms with van der Waals surface area (Å²) >= 11 is 0. The van der Waals surface area contributed by atoms with Crippen molar-refractivity contribution in [3.05, 3.63) is 46.5 Å². The topological polar surface area (TPSA) is 79.1 Å². The van der Waals surface area contributed by atoms with E-state index in [1.165, 1.54) is 17.4 Å². The third kappa shape index (κ3) is 2.55. The second-order valence-electron chi connectivity index (χ2n) is 6.80. The van der Waals surface area contributed by atoms with E-state index < -0.39 is 0 Å². The van der Waals surface area contributed by atoms with Crippen LogP contribution >= 0.6 is 0 Å². The molecule has 1 radical (unpaired) electrons. The summed E-state index contributed by atoms with van der Waals surface area (Å²) in [5.41, 5.74) is 13.1. The average molecular weight is 320 g/mol. The molecule has 5 nitrogen and oxygen atoms in total. The number of nitrogens with zero attached hydrogens (tertiary/aromatic N) is 2. The first-order chi connectivity index (χ1) is 11.7. The highest BCUT2D eigenvalue weighted by atomic mass is 15.1. The summed E-state index contributed by atoms with van der Waals surface area (Å²) in [6.07, 6.45) is 10.6. The highest BCUT2D eigenvalue weighted by molar-refractivity contribution is 6.70. The van der Waals surface area contributed by atoms with Crippen molar-refractivity contribution in [1.29, 1.82) is 0 Å². The van der Waals surface area contributed by atoms with Gasteiger partial charge in [-0.15, -0.1) is 0 Å². The molecule has 0 spiro atoms. The van der Waals surface area contributed by atoms with Crippen LogP contribution in [0.4, 0.5) is 0 Å². The van der Waals surface area contributed by atoms with Gasteiger partial charge >= 0.3 is 0 Å². The number of aliphatic imine (C=N–C) groups is 1. The van der Waals surface area contributed by atoms with E-state index in [1.54, 1.807) is 0 Å². The highest BCUT2D eigenvalue weighted by Gasteiger charge is 2.33. The Labute approximate surface area is 143 Å². The number of rotatable bonds is 3. The fourth-order valence-corrected chi connectivity index (χ4v) is 3.83. The lowest BCUT2D eigenvalue weighted by Gasteiger charge is -2.25. The van der Waals surface area contributed by atoms with Crippen LogP contribution in [0, 0.1) is 12.8 Å². The number of aromatic amines is 1. The van der Waals surface area contributed by atoms with Crippen molar-refractivity contribution in [3.8, 4) is 0 Å². The van der Waals surface area contributed by atoms with Crippen molar-refractivity contribution in [2.24, 2.45) is 16.6 Å². The minimum atomic E-state index is 0.214. The van der Waals surface area contributed by atoms with Gasteiger partial charge in [0, 0.05) is 28.9 Å². The lowest BCUT2D eigenvalue weighted by Crippen LogP contribution is -2.40. The van der Waals surface area contributed by atoms with Gasteiger partial charge in [0.1, 0.15) is 5.84 Å².